The molecule has 0 radical (unpaired) electrons. The van der Waals surface area contributed by atoms with Crippen LogP contribution in [0.3, 0.4) is 0 Å². The second-order valence-corrected chi connectivity index (χ2v) is 13.3. The molecule has 0 bridgehead atoms. The molecule has 1 unspecified atom stereocenters. The van der Waals surface area contributed by atoms with Gasteiger partial charge >= 0.3 is 0 Å². The van der Waals surface area contributed by atoms with Crippen molar-refractivity contribution in [3.63, 3.8) is 0 Å². The molecule has 216 valence electrons. The largest absolute Gasteiger partial charge is 0.0850 e. The van der Waals surface area contributed by atoms with Gasteiger partial charge in [0.05, 0.1) is 0 Å². The highest BCUT2D eigenvalue weighted by atomic mass is 14.3. The van der Waals surface area contributed by atoms with E-state index in [1.807, 2.05) is 0 Å². The normalized spacial score (nSPS) is 23.6. The van der Waals surface area contributed by atoms with Gasteiger partial charge in [0.2, 0.25) is 0 Å². The van der Waals surface area contributed by atoms with Crippen LogP contribution in [0.2, 0.25) is 0 Å². The molecule has 0 saturated carbocycles. The van der Waals surface area contributed by atoms with Crippen molar-refractivity contribution in [2.24, 2.45) is 16.7 Å². The first-order valence-electron chi connectivity index (χ1n) is 15.3. The summed E-state index contributed by atoms with van der Waals surface area (Å²) in [5.41, 5.74) is 10.2. The second kappa shape index (κ2) is 15.8. The number of hydrogen-bond donors (Lipinski definition) is 0. The predicted octanol–water partition coefficient (Wildman–Crippen LogP) is 12.5. The lowest BCUT2D eigenvalue weighted by Gasteiger charge is -2.36. The zero-order valence-corrected chi connectivity index (χ0v) is 27.3. The highest BCUT2D eigenvalue weighted by Gasteiger charge is 2.30. The molecule has 2 aliphatic rings. The average Bonchev–Trinajstić information content (AvgIpc) is 2.85. The van der Waals surface area contributed by atoms with Crippen LogP contribution in [0.1, 0.15) is 101 Å². The Labute approximate surface area is 247 Å². The maximum atomic E-state index is 2.41. The minimum Gasteiger partial charge on any atom is -0.0850 e. The fourth-order valence-corrected chi connectivity index (χ4v) is 5.80. The van der Waals surface area contributed by atoms with Crippen molar-refractivity contribution in [3.8, 4) is 0 Å². The number of allylic oxidation sites excluding steroid dienone is 22. The van der Waals surface area contributed by atoms with Crippen LogP contribution in [0.5, 0.6) is 0 Å². The summed E-state index contributed by atoms with van der Waals surface area (Å²) in [6.07, 6.45) is 39.5. The van der Waals surface area contributed by atoms with Gasteiger partial charge in [0.15, 0.2) is 0 Å². The SMILES string of the molecule is CC(C=CC1=C(C)CCCC1(C)C)=CC=CC(C)=C/C=C/C=C(C)C=CC=C(C)C=CC1C(C)=CCCC1(C)C. The molecule has 0 N–H and O–H groups in total. The highest BCUT2D eigenvalue weighted by Crippen LogP contribution is 2.42. The first kappa shape index (κ1) is 33.3. The van der Waals surface area contributed by atoms with Crippen LogP contribution in [0.25, 0.3) is 0 Å². The van der Waals surface area contributed by atoms with Crippen molar-refractivity contribution in [1.82, 2.24) is 0 Å². The van der Waals surface area contributed by atoms with E-state index in [4.69, 9.17) is 0 Å². The Bertz CT molecular complexity index is 1200. The minimum atomic E-state index is 0.291. The van der Waals surface area contributed by atoms with E-state index >= 15 is 0 Å². The number of hydrogen-bond acceptors (Lipinski definition) is 0. The summed E-state index contributed by atoms with van der Waals surface area (Å²) in [7, 11) is 0. The Balaban J connectivity index is 1.88. The van der Waals surface area contributed by atoms with Gasteiger partial charge in [0.1, 0.15) is 0 Å². The predicted molar refractivity (Wildman–Crippen MR) is 181 cm³/mol. The van der Waals surface area contributed by atoms with E-state index in [0.29, 0.717) is 16.7 Å². The third-order valence-corrected chi connectivity index (χ3v) is 8.46. The average molecular weight is 537 g/mol. The van der Waals surface area contributed by atoms with Gasteiger partial charge in [-0.05, 0) is 90.0 Å². The van der Waals surface area contributed by atoms with E-state index in [9.17, 15) is 0 Å². The lowest BCUT2D eigenvalue weighted by Crippen LogP contribution is -2.26. The molecule has 0 fully saturated rings. The maximum Gasteiger partial charge on any atom is 0.00285 e. The zero-order valence-electron chi connectivity index (χ0n) is 27.3. The molecule has 0 heteroatoms. The van der Waals surface area contributed by atoms with Gasteiger partial charge in [-0.1, -0.05) is 152 Å². The Hall–Kier alpha value is -2.86. The zero-order chi connectivity index (χ0) is 29.8. The van der Waals surface area contributed by atoms with E-state index in [2.05, 4.69) is 160 Å². The van der Waals surface area contributed by atoms with Gasteiger partial charge < -0.3 is 0 Å². The first-order chi connectivity index (χ1) is 18.8. The van der Waals surface area contributed by atoms with Crippen LogP contribution in [-0.2, 0) is 0 Å². The summed E-state index contributed by atoms with van der Waals surface area (Å²) in [6.45, 7) is 22.7. The van der Waals surface area contributed by atoms with Gasteiger partial charge in [-0.2, -0.15) is 0 Å². The summed E-state index contributed by atoms with van der Waals surface area (Å²) in [5, 5.41) is 0. The van der Waals surface area contributed by atoms with E-state index < -0.39 is 0 Å². The molecule has 0 saturated heterocycles. The van der Waals surface area contributed by atoms with Crippen molar-refractivity contribution in [2.75, 3.05) is 0 Å². The Morgan fingerprint density at radius 3 is 1.77 bits per heavy atom. The number of rotatable bonds is 10. The highest BCUT2D eigenvalue weighted by molar-refractivity contribution is 5.37. The van der Waals surface area contributed by atoms with Crippen molar-refractivity contribution >= 4 is 0 Å². The minimum absolute atomic E-state index is 0.291. The topological polar surface area (TPSA) is 0 Å². The standard InChI is InChI=1S/C40H56/c1-31(19-13-21-33(3)25-27-37-35(5)23-15-29-39(37,7)8)17-11-12-18-32(2)20-14-22-34(4)26-28-38-36(6)24-16-30-40(38,9)10/h11-14,17-23,25-28,37H,15-16,24,29-30H2,1-10H3/b12-11+,19-13?,20-14?,27-25?,28-26?,31-17?,32-18?,33-21?,34-22?. The quantitative estimate of drug-likeness (QED) is 0.192. The van der Waals surface area contributed by atoms with Crippen molar-refractivity contribution in [1.29, 1.82) is 0 Å². The maximum absolute atomic E-state index is 2.41. The summed E-state index contributed by atoms with van der Waals surface area (Å²) < 4.78 is 0. The molecule has 0 heterocycles. The Morgan fingerprint density at radius 1 is 0.700 bits per heavy atom. The third-order valence-electron chi connectivity index (χ3n) is 8.46. The van der Waals surface area contributed by atoms with Crippen molar-refractivity contribution < 1.29 is 0 Å². The smallest absolute Gasteiger partial charge is 0.00285 e. The molecule has 0 amide bonds. The summed E-state index contributed by atoms with van der Waals surface area (Å²) in [5.74, 6) is 0.532. The molecule has 0 aromatic rings. The summed E-state index contributed by atoms with van der Waals surface area (Å²) in [6, 6.07) is 0. The second-order valence-electron chi connectivity index (χ2n) is 13.3. The van der Waals surface area contributed by atoms with E-state index in [0.717, 1.165) is 0 Å². The lowest BCUT2D eigenvalue weighted by atomic mass is 9.68. The fourth-order valence-electron chi connectivity index (χ4n) is 5.80. The van der Waals surface area contributed by atoms with Gasteiger partial charge in [-0.25, -0.2) is 0 Å². The lowest BCUT2D eigenvalue weighted by molar-refractivity contribution is 0.255. The van der Waals surface area contributed by atoms with Crippen LogP contribution in [0.4, 0.5) is 0 Å². The molecule has 0 aromatic carbocycles. The molecule has 0 nitrogen and oxygen atoms in total. The fraction of sp³-hybridized carbons (Fsp3) is 0.450. The molecule has 0 aromatic heterocycles. The van der Waals surface area contributed by atoms with E-state index in [-0.39, 0.29) is 0 Å². The molecule has 2 rings (SSSR count). The van der Waals surface area contributed by atoms with Crippen molar-refractivity contribution in [3.05, 3.63) is 130 Å². The van der Waals surface area contributed by atoms with Gasteiger partial charge in [0, 0.05) is 5.92 Å². The van der Waals surface area contributed by atoms with Gasteiger partial charge in [-0.3, -0.25) is 0 Å². The molecule has 1 atom stereocenters. The van der Waals surface area contributed by atoms with Crippen LogP contribution in [0.15, 0.2) is 130 Å². The monoisotopic (exact) mass is 536 g/mol. The molecule has 40 heavy (non-hydrogen) atoms. The molecular weight excluding hydrogens is 480 g/mol. The van der Waals surface area contributed by atoms with Crippen molar-refractivity contribution in [2.45, 2.75) is 101 Å². The molecule has 0 spiro atoms. The van der Waals surface area contributed by atoms with E-state index in [1.54, 1.807) is 5.57 Å². The van der Waals surface area contributed by atoms with Gasteiger partial charge in [0.25, 0.3) is 0 Å². The molecule has 0 aliphatic heterocycles. The summed E-state index contributed by atoms with van der Waals surface area (Å²) in [4.78, 5) is 0. The van der Waals surface area contributed by atoms with Crippen LogP contribution < -0.4 is 0 Å². The van der Waals surface area contributed by atoms with Crippen LogP contribution in [0, 0.1) is 16.7 Å². The molecule has 2 aliphatic carbocycles. The Morgan fingerprint density at radius 2 is 1.23 bits per heavy atom. The third kappa shape index (κ3) is 11.3. The van der Waals surface area contributed by atoms with E-state index in [1.165, 1.54) is 65.5 Å². The first-order valence-corrected chi connectivity index (χ1v) is 15.3. The Kier molecular flexibility index (Phi) is 13.2. The summed E-state index contributed by atoms with van der Waals surface area (Å²) >= 11 is 0. The van der Waals surface area contributed by atoms with Crippen LogP contribution in [-0.4, -0.2) is 0 Å². The van der Waals surface area contributed by atoms with Gasteiger partial charge in [-0.15, -0.1) is 0 Å². The molecular formula is C40H56. The van der Waals surface area contributed by atoms with Crippen LogP contribution >= 0.6 is 0 Å².